The van der Waals surface area contributed by atoms with Crippen LogP contribution in [0.4, 0.5) is 0 Å². The molecule has 124 valence electrons. The van der Waals surface area contributed by atoms with Crippen LogP contribution in [0.2, 0.25) is 0 Å². The lowest BCUT2D eigenvalue weighted by molar-refractivity contribution is -0.0000741. The van der Waals surface area contributed by atoms with E-state index in [1.165, 1.54) is 19.3 Å². The molecule has 1 aromatic rings. The Morgan fingerprint density at radius 2 is 1.91 bits per heavy atom. The Balaban J connectivity index is 0.00000242. The predicted molar refractivity (Wildman–Crippen MR) is 88.5 cm³/mol. The van der Waals surface area contributed by atoms with Crippen LogP contribution in [0.5, 0.6) is 0 Å². The summed E-state index contributed by atoms with van der Waals surface area (Å²) in [5.41, 5.74) is 0.587. The number of hydrogen-bond acceptors (Lipinski definition) is 3. The molecule has 0 N–H and O–H groups in total. The molecule has 0 saturated carbocycles. The molecule has 1 aliphatic rings. The van der Waals surface area contributed by atoms with Crippen molar-refractivity contribution in [2.75, 3.05) is 6.54 Å². The highest BCUT2D eigenvalue weighted by Crippen LogP contribution is 2.23. The first-order valence-electron chi connectivity index (χ1n) is 7.70. The fourth-order valence-electron chi connectivity index (χ4n) is 3.04. The van der Waals surface area contributed by atoms with Gasteiger partial charge in [0.15, 0.2) is 0 Å². The molecular formula is C17H24BrClNO2-. The highest BCUT2D eigenvalue weighted by atomic mass is 79.9. The van der Waals surface area contributed by atoms with Gasteiger partial charge >= 0.3 is 5.97 Å². The Bertz CT molecular complexity index is 487. The summed E-state index contributed by atoms with van der Waals surface area (Å²) in [4.78, 5) is 14.7. The third-order valence-corrected chi connectivity index (χ3v) is 4.94. The lowest BCUT2D eigenvalue weighted by Crippen LogP contribution is -3.00. The first kappa shape index (κ1) is 19.5. The van der Waals surface area contributed by atoms with Crippen LogP contribution in [0.3, 0.4) is 0 Å². The number of hydrogen-bond donors (Lipinski definition) is 0. The molecule has 0 bridgehead atoms. The second-order valence-electron chi connectivity index (χ2n) is 6.02. The quantitative estimate of drug-likeness (QED) is 0.726. The molecular weight excluding hydrogens is 366 g/mol. The highest BCUT2D eigenvalue weighted by Gasteiger charge is 2.27. The van der Waals surface area contributed by atoms with Crippen molar-refractivity contribution in [2.45, 2.75) is 58.2 Å². The highest BCUT2D eigenvalue weighted by molar-refractivity contribution is 9.10. The molecule has 1 aliphatic heterocycles. The van der Waals surface area contributed by atoms with E-state index < -0.39 is 0 Å². The molecule has 3 atom stereocenters. The van der Waals surface area contributed by atoms with Gasteiger partial charge in [0.25, 0.3) is 0 Å². The molecule has 2 rings (SSSR count). The number of benzene rings is 1. The monoisotopic (exact) mass is 388 g/mol. The number of carbonyl (C=O) groups excluding carboxylic acids is 1. The van der Waals surface area contributed by atoms with Gasteiger partial charge < -0.3 is 17.1 Å². The molecule has 0 aromatic heterocycles. The Labute approximate surface area is 147 Å². The van der Waals surface area contributed by atoms with E-state index >= 15 is 0 Å². The van der Waals surface area contributed by atoms with Crippen molar-refractivity contribution in [1.82, 2.24) is 4.90 Å². The number of carbonyl (C=O) groups is 1. The van der Waals surface area contributed by atoms with E-state index in [1.54, 1.807) is 6.07 Å². The molecule has 0 amide bonds. The lowest BCUT2D eigenvalue weighted by Gasteiger charge is -2.40. The SMILES string of the molecule is CC(CN1C(C)CCCC1C)OC(=O)c1ccccc1Br.[Cl-]. The van der Waals surface area contributed by atoms with E-state index in [0.29, 0.717) is 17.6 Å². The Hall–Kier alpha value is -0.580. The van der Waals surface area contributed by atoms with E-state index in [9.17, 15) is 4.79 Å². The number of likely N-dealkylation sites (tertiary alicyclic amines) is 1. The van der Waals surface area contributed by atoms with Gasteiger partial charge in [0.05, 0.1) is 5.56 Å². The van der Waals surface area contributed by atoms with Gasteiger partial charge in [-0.1, -0.05) is 18.6 Å². The maximum absolute atomic E-state index is 12.2. The van der Waals surface area contributed by atoms with Crippen LogP contribution in [0.15, 0.2) is 28.7 Å². The van der Waals surface area contributed by atoms with Crippen molar-refractivity contribution in [2.24, 2.45) is 0 Å². The number of esters is 1. The molecule has 3 unspecified atom stereocenters. The maximum atomic E-state index is 12.2. The van der Waals surface area contributed by atoms with Crippen LogP contribution in [0.25, 0.3) is 0 Å². The predicted octanol–water partition coefficient (Wildman–Crippen LogP) is 1.26. The molecule has 0 aliphatic carbocycles. The number of halogens is 2. The number of nitrogens with zero attached hydrogens (tertiary/aromatic N) is 1. The van der Waals surface area contributed by atoms with Gasteiger partial charge in [0.2, 0.25) is 0 Å². The Morgan fingerprint density at radius 3 is 2.50 bits per heavy atom. The summed E-state index contributed by atoms with van der Waals surface area (Å²) < 4.78 is 6.39. The maximum Gasteiger partial charge on any atom is 0.339 e. The zero-order chi connectivity index (χ0) is 15.4. The summed E-state index contributed by atoms with van der Waals surface area (Å²) >= 11 is 3.39. The Morgan fingerprint density at radius 1 is 1.32 bits per heavy atom. The zero-order valence-corrected chi connectivity index (χ0v) is 15.7. The summed E-state index contributed by atoms with van der Waals surface area (Å²) in [6.07, 6.45) is 3.65. The smallest absolute Gasteiger partial charge is 0.339 e. The van der Waals surface area contributed by atoms with Crippen molar-refractivity contribution in [3.05, 3.63) is 34.3 Å². The molecule has 1 saturated heterocycles. The summed E-state index contributed by atoms with van der Waals surface area (Å²) in [7, 11) is 0. The second kappa shape index (κ2) is 8.90. The largest absolute Gasteiger partial charge is 1.00 e. The molecule has 5 heteroatoms. The van der Waals surface area contributed by atoms with Crippen LogP contribution in [-0.4, -0.2) is 35.6 Å². The van der Waals surface area contributed by atoms with Crippen LogP contribution in [-0.2, 0) is 4.74 Å². The second-order valence-corrected chi connectivity index (χ2v) is 6.88. The molecule has 1 fully saturated rings. The van der Waals surface area contributed by atoms with E-state index in [0.717, 1.165) is 11.0 Å². The number of rotatable bonds is 4. The van der Waals surface area contributed by atoms with Crippen molar-refractivity contribution >= 4 is 21.9 Å². The van der Waals surface area contributed by atoms with E-state index in [2.05, 4.69) is 34.7 Å². The third kappa shape index (κ3) is 4.97. The van der Waals surface area contributed by atoms with Gasteiger partial charge in [-0.05, 0) is 61.7 Å². The van der Waals surface area contributed by atoms with Gasteiger partial charge in [-0.25, -0.2) is 4.79 Å². The van der Waals surface area contributed by atoms with Gasteiger partial charge in [0.1, 0.15) is 6.10 Å². The molecule has 0 radical (unpaired) electrons. The summed E-state index contributed by atoms with van der Waals surface area (Å²) in [5, 5.41) is 0. The lowest BCUT2D eigenvalue weighted by atomic mass is 9.97. The normalized spacial score (nSPS) is 23.5. The molecule has 22 heavy (non-hydrogen) atoms. The van der Waals surface area contributed by atoms with Crippen molar-refractivity contribution in [1.29, 1.82) is 0 Å². The summed E-state index contributed by atoms with van der Waals surface area (Å²) in [5.74, 6) is -0.257. The van der Waals surface area contributed by atoms with Crippen LogP contribution in [0.1, 0.15) is 50.4 Å². The van der Waals surface area contributed by atoms with E-state index in [1.807, 2.05) is 25.1 Å². The standard InChI is InChI=1S/C17H24BrNO2.ClH/c1-12-7-6-8-13(2)19(12)11-14(3)21-17(20)15-9-4-5-10-16(15)18;/h4-5,9-10,12-14H,6-8,11H2,1-3H3;1H/p-1. The van der Waals surface area contributed by atoms with Crippen LogP contribution in [0, 0.1) is 0 Å². The average Bonchev–Trinajstić information content (AvgIpc) is 2.43. The number of ether oxygens (including phenoxy) is 1. The molecule has 0 spiro atoms. The van der Waals surface area contributed by atoms with Crippen molar-refractivity contribution < 1.29 is 21.9 Å². The van der Waals surface area contributed by atoms with Crippen LogP contribution < -0.4 is 12.4 Å². The minimum absolute atomic E-state index is 0. The van der Waals surface area contributed by atoms with Crippen molar-refractivity contribution in [3.63, 3.8) is 0 Å². The van der Waals surface area contributed by atoms with E-state index in [4.69, 9.17) is 4.74 Å². The third-order valence-electron chi connectivity index (χ3n) is 4.25. The fraction of sp³-hybridized carbons (Fsp3) is 0.588. The zero-order valence-electron chi connectivity index (χ0n) is 13.4. The molecule has 1 aromatic carbocycles. The number of piperidine rings is 1. The van der Waals surface area contributed by atoms with Crippen molar-refractivity contribution in [3.8, 4) is 0 Å². The first-order chi connectivity index (χ1) is 9.99. The topological polar surface area (TPSA) is 29.5 Å². The molecule has 3 nitrogen and oxygen atoms in total. The minimum Gasteiger partial charge on any atom is -1.00 e. The van der Waals surface area contributed by atoms with Crippen LogP contribution >= 0.6 is 15.9 Å². The van der Waals surface area contributed by atoms with Gasteiger partial charge in [-0.2, -0.15) is 0 Å². The Kier molecular flexibility index (Phi) is 7.87. The first-order valence-corrected chi connectivity index (χ1v) is 8.49. The van der Waals surface area contributed by atoms with E-state index in [-0.39, 0.29) is 24.5 Å². The summed E-state index contributed by atoms with van der Waals surface area (Å²) in [6.45, 7) is 7.30. The van der Waals surface area contributed by atoms with Gasteiger partial charge in [-0.15, -0.1) is 0 Å². The average molecular weight is 390 g/mol. The minimum atomic E-state index is -0.257. The summed E-state index contributed by atoms with van der Waals surface area (Å²) in [6, 6.07) is 8.51. The fourth-order valence-corrected chi connectivity index (χ4v) is 3.49. The molecule has 1 heterocycles. The van der Waals surface area contributed by atoms with Gasteiger partial charge in [-0.3, -0.25) is 4.90 Å². The van der Waals surface area contributed by atoms with Gasteiger partial charge in [0, 0.05) is 23.1 Å².